The number of anilines is 1. The van der Waals surface area contributed by atoms with Crippen LogP contribution in [0.25, 0.3) is 5.57 Å². The molecular weight excluding hydrogens is 394 g/mol. The van der Waals surface area contributed by atoms with Gasteiger partial charge in [-0.05, 0) is 65.8 Å². The summed E-state index contributed by atoms with van der Waals surface area (Å²) >= 11 is 6.69. The maximum Gasteiger partial charge on any atom is 0.194 e. The summed E-state index contributed by atoms with van der Waals surface area (Å²) in [5, 5.41) is 9.89. The van der Waals surface area contributed by atoms with E-state index in [4.69, 9.17) is 17.3 Å². The van der Waals surface area contributed by atoms with E-state index in [2.05, 4.69) is 30.9 Å². The number of fused-ring (bicyclic) bond motifs is 3. The van der Waals surface area contributed by atoms with Crippen LogP contribution >= 0.6 is 11.6 Å². The maximum atomic E-state index is 13.6. The summed E-state index contributed by atoms with van der Waals surface area (Å²) in [5.41, 5.74) is 13.1. The molecule has 152 valence electrons. The van der Waals surface area contributed by atoms with E-state index in [0.717, 1.165) is 59.5 Å². The Morgan fingerprint density at radius 2 is 1.90 bits per heavy atom. The molecule has 0 aromatic heterocycles. The monoisotopic (exact) mass is 417 g/mol. The number of rotatable bonds is 1. The largest absolute Gasteiger partial charge is 0.370 e. The van der Waals surface area contributed by atoms with Crippen LogP contribution in [0.3, 0.4) is 0 Å². The highest BCUT2D eigenvalue weighted by Gasteiger charge is 2.43. The highest BCUT2D eigenvalue weighted by Crippen LogP contribution is 2.51. The van der Waals surface area contributed by atoms with E-state index >= 15 is 0 Å². The van der Waals surface area contributed by atoms with E-state index in [1.165, 1.54) is 0 Å². The van der Waals surface area contributed by atoms with Crippen LogP contribution in [0.15, 0.2) is 35.9 Å². The number of piperidine rings is 1. The van der Waals surface area contributed by atoms with Gasteiger partial charge in [0.2, 0.25) is 0 Å². The van der Waals surface area contributed by atoms with Crippen LogP contribution in [0.5, 0.6) is 0 Å². The number of nitriles is 1. The fraction of sp³-hybridized carbons (Fsp3) is 0.360. The van der Waals surface area contributed by atoms with Gasteiger partial charge in [0.15, 0.2) is 5.78 Å². The molecule has 3 aliphatic rings. The zero-order chi connectivity index (χ0) is 21.2. The standard InChI is InChI=1S/C25H24ClN3O/c1-25(2)19-12-22(29-7-5-16(28)6-8-29)21(26)11-18(19)24(30)23-17-4-3-14(13-27)9-15(17)10-20(23)25/h3-4,9,11-12,16H,5-8,10,28H2,1-2H3. The molecule has 2 N–H and O–H groups in total. The summed E-state index contributed by atoms with van der Waals surface area (Å²) in [6.45, 7) is 6.14. The first-order valence-electron chi connectivity index (χ1n) is 10.5. The zero-order valence-electron chi connectivity index (χ0n) is 17.3. The molecule has 2 aromatic carbocycles. The summed E-state index contributed by atoms with van der Waals surface area (Å²) in [6.07, 6.45) is 2.60. The molecule has 1 saturated heterocycles. The Morgan fingerprint density at radius 1 is 1.17 bits per heavy atom. The Kier molecular flexibility index (Phi) is 4.32. The van der Waals surface area contributed by atoms with E-state index in [1.807, 2.05) is 18.2 Å². The molecule has 1 fully saturated rings. The van der Waals surface area contributed by atoms with Gasteiger partial charge in [0.05, 0.1) is 22.3 Å². The minimum Gasteiger partial charge on any atom is -0.370 e. The van der Waals surface area contributed by atoms with Crippen molar-refractivity contribution in [1.29, 1.82) is 5.26 Å². The Morgan fingerprint density at radius 3 is 2.60 bits per heavy atom. The first-order valence-corrected chi connectivity index (χ1v) is 10.9. The lowest BCUT2D eigenvalue weighted by Crippen LogP contribution is -2.40. The molecule has 0 unspecified atom stereocenters. The lowest BCUT2D eigenvalue weighted by Gasteiger charge is -2.37. The average molecular weight is 418 g/mol. The van der Waals surface area contributed by atoms with E-state index in [1.54, 1.807) is 6.07 Å². The van der Waals surface area contributed by atoms with E-state index in [-0.39, 0.29) is 17.2 Å². The smallest absolute Gasteiger partial charge is 0.194 e. The SMILES string of the molecule is CC1(C)C2=C(C(=O)c3cc(Cl)c(N4CCC(N)CC4)cc31)c1ccc(C#N)cc1C2. The van der Waals surface area contributed by atoms with Gasteiger partial charge >= 0.3 is 0 Å². The van der Waals surface area contributed by atoms with E-state index in [0.29, 0.717) is 22.6 Å². The van der Waals surface area contributed by atoms with Crippen molar-refractivity contribution in [2.45, 2.75) is 44.6 Å². The Hall–Kier alpha value is -2.61. The average Bonchev–Trinajstić information content (AvgIpc) is 3.12. The Balaban J connectivity index is 1.62. The molecule has 2 aromatic rings. The van der Waals surface area contributed by atoms with Gasteiger partial charge in [-0.2, -0.15) is 5.26 Å². The number of allylic oxidation sites excluding steroid dienone is 2. The van der Waals surface area contributed by atoms with Crippen molar-refractivity contribution in [2.24, 2.45) is 5.73 Å². The summed E-state index contributed by atoms with van der Waals surface area (Å²) in [7, 11) is 0. The Labute approximate surface area is 181 Å². The topological polar surface area (TPSA) is 70.1 Å². The molecular formula is C25H24ClN3O. The number of ketones is 1. The molecule has 0 bridgehead atoms. The fourth-order valence-electron chi connectivity index (χ4n) is 5.23. The summed E-state index contributed by atoms with van der Waals surface area (Å²) in [5.74, 6) is 0.0388. The highest BCUT2D eigenvalue weighted by molar-refractivity contribution is 6.36. The number of carbonyl (C=O) groups is 1. The van der Waals surface area contributed by atoms with Gasteiger partial charge in [-0.3, -0.25) is 4.79 Å². The summed E-state index contributed by atoms with van der Waals surface area (Å²) in [6, 6.07) is 12.1. The molecule has 0 saturated carbocycles. The molecule has 4 nitrogen and oxygen atoms in total. The van der Waals surface area contributed by atoms with Crippen LogP contribution in [0, 0.1) is 11.3 Å². The summed E-state index contributed by atoms with van der Waals surface area (Å²) in [4.78, 5) is 15.9. The third-order valence-electron chi connectivity index (χ3n) is 7.04. The molecule has 5 heteroatoms. The minimum atomic E-state index is -0.296. The van der Waals surface area contributed by atoms with Crippen molar-refractivity contribution in [1.82, 2.24) is 0 Å². The number of hydrogen-bond acceptors (Lipinski definition) is 4. The third-order valence-corrected chi connectivity index (χ3v) is 7.34. The van der Waals surface area contributed by atoms with Crippen molar-refractivity contribution < 1.29 is 4.79 Å². The molecule has 2 aliphatic carbocycles. The second-order valence-corrected chi connectivity index (χ2v) is 9.55. The van der Waals surface area contributed by atoms with Crippen LogP contribution in [0.2, 0.25) is 5.02 Å². The van der Waals surface area contributed by atoms with Gasteiger partial charge in [-0.15, -0.1) is 0 Å². The van der Waals surface area contributed by atoms with E-state index < -0.39 is 0 Å². The molecule has 0 atom stereocenters. The van der Waals surface area contributed by atoms with Crippen molar-refractivity contribution >= 4 is 28.6 Å². The Bertz CT molecular complexity index is 1160. The first-order chi connectivity index (χ1) is 14.3. The molecule has 1 aliphatic heterocycles. The summed E-state index contributed by atoms with van der Waals surface area (Å²) < 4.78 is 0. The van der Waals surface area contributed by atoms with Crippen LogP contribution in [-0.4, -0.2) is 24.9 Å². The number of benzene rings is 2. The predicted molar refractivity (Wildman–Crippen MR) is 120 cm³/mol. The van der Waals surface area contributed by atoms with Crippen LogP contribution in [0.1, 0.15) is 59.3 Å². The molecule has 5 rings (SSSR count). The number of nitrogens with zero attached hydrogens (tertiary/aromatic N) is 2. The van der Waals surface area contributed by atoms with E-state index in [9.17, 15) is 10.1 Å². The van der Waals surface area contributed by atoms with Crippen molar-refractivity contribution in [3.63, 3.8) is 0 Å². The zero-order valence-corrected chi connectivity index (χ0v) is 18.0. The van der Waals surface area contributed by atoms with Gasteiger partial charge < -0.3 is 10.6 Å². The van der Waals surface area contributed by atoms with Crippen molar-refractivity contribution in [3.8, 4) is 6.07 Å². The number of nitrogens with two attached hydrogens (primary N) is 1. The van der Waals surface area contributed by atoms with Crippen molar-refractivity contribution in [2.75, 3.05) is 18.0 Å². The normalized spacial score (nSPS) is 20.0. The second-order valence-electron chi connectivity index (χ2n) is 9.14. The minimum absolute atomic E-state index is 0.0388. The lowest BCUT2D eigenvalue weighted by molar-refractivity contribution is 0.105. The lowest BCUT2D eigenvalue weighted by atomic mass is 9.68. The van der Waals surface area contributed by atoms with Crippen LogP contribution in [-0.2, 0) is 11.8 Å². The van der Waals surface area contributed by atoms with Crippen molar-refractivity contribution in [3.05, 3.63) is 68.7 Å². The van der Waals surface area contributed by atoms with Gasteiger partial charge in [0.25, 0.3) is 0 Å². The number of Topliss-reactive ketones (excluding diaryl/α,β-unsaturated/α-hetero) is 1. The van der Waals surface area contributed by atoms with Gasteiger partial charge in [-0.1, -0.05) is 31.5 Å². The van der Waals surface area contributed by atoms with Gasteiger partial charge in [-0.25, -0.2) is 0 Å². The van der Waals surface area contributed by atoms with Crippen LogP contribution < -0.4 is 10.6 Å². The number of carbonyl (C=O) groups excluding carboxylic acids is 1. The third kappa shape index (κ3) is 2.73. The quantitative estimate of drug-likeness (QED) is 0.734. The highest BCUT2D eigenvalue weighted by atomic mass is 35.5. The van der Waals surface area contributed by atoms with Crippen LogP contribution in [0.4, 0.5) is 5.69 Å². The maximum absolute atomic E-state index is 13.6. The second kappa shape index (κ2) is 6.70. The number of hydrogen-bond donors (Lipinski definition) is 1. The molecule has 1 heterocycles. The molecule has 30 heavy (non-hydrogen) atoms. The molecule has 0 spiro atoms. The molecule has 0 radical (unpaired) electrons. The van der Waals surface area contributed by atoms with Gasteiger partial charge in [0, 0.05) is 35.7 Å². The predicted octanol–water partition coefficient (Wildman–Crippen LogP) is 4.62. The first kappa shape index (κ1) is 19.4. The number of halogens is 1. The molecule has 0 amide bonds. The van der Waals surface area contributed by atoms with Gasteiger partial charge in [0.1, 0.15) is 0 Å². The fourth-order valence-corrected chi connectivity index (χ4v) is 5.52.